The van der Waals surface area contributed by atoms with Crippen LogP contribution >= 0.6 is 11.3 Å². The van der Waals surface area contributed by atoms with Gasteiger partial charge in [0.25, 0.3) is 5.91 Å². The van der Waals surface area contributed by atoms with Gasteiger partial charge >= 0.3 is 0 Å². The average Bonchev–Trinajstić information content (AvgIpc) is 2.78. The molecule has 22 heavy (non-hydrogen) atoms. The first-order valence-electron chi connectivity index (χ1n) is 7.08. The van der Waals surface area contributed by atoms with Crippen LogP contribution in [-0.4, -0.2) is 15.9 Å². The summed E-state index contributed by atoms with van der Waals surface area (Å²) in [6.07, 6.45) is 0. The topological polar surface area (TPSA) is 54.9 Å². The number of nitrogens with one attached hydrogen (secondary N) is 1. The normalized spacial score (nSPS) is 10.9. The Labute approximate surface area is 133 Å². The maximum absolute atomic E-state index is 12.6. The van der Waals surface area contributed by atoms with E-state index in [0.29, 0.717) is 4.88 Å². The summed E-state index contributed by atoms with van der Waals surface area (Å²) in [7, 11) is 0. The smallest absolute Gasteiger partial charge is 0.266 e. The summed E-state index contributed by atoms with van der Waals surface area (Å²) in [5.41, 5.74) is 3.75. The lowest BCUT2D eigenvalue weighted by molar-refractivity contribution is 0.103. The Morgan fingerprint density at radius 1 is 1.09 bits per heavy atom. The minimum Gasteiger partial charge on any atom is -0.321 e. The van der Waals surface area contributed by atoms with Gasteiger partial charge < -0.3 is 5.32 Å². The van der Waals surface area contributed by atoms with Crippen molar-refractivity contribution in [3.05, 3.63) is 51.8 Å². The molecule has 3 aromatic rings. The molecule has 0 aliphatic carbocycles. The highest BCUT2D eigenvalue weighted by Crippen LogP contribution is 2.31. The standard InChI is InChI=1S/C17H17N3OS/c1-9-7-5-6-8-13(9)20-16(21)15-10(2)14-11(3)18-12(4)19-17(14)22-15/h5-8H,1-4H3,(H,20,21). The van der Waals surface area contributed by atoms with Crippen LogP contribution in [0.2, 0.25) is 0 Å². The van der Waals surface area contributed by atoms with Crippen LogP contribution < -0.4 is 5.32 Å². The first kappa shape index (κ1) is 14.7. The molecular formula is C17H17N3OS. The third-order valence-electron chi connectivity index (χ3n) is 3.68. The number of thiophene rings is 1. The summed E-state index contributed by atoms with van der Waals surface area (Å²) in [5, 5.41) is 3.98. The van der Waals surface area contributed by atoms with Crippen molar-refractivity contribution in [2.45, 2.75) is 27.7 Å². The monoisotopic (exact) mass is 311 g/mol. The third kappa shape index (κ3) is 2.48. The van der Waals surface area contributed by atoms with E-state index in [1.54, 1.807) is 0 Å². The van der Waals surface area contributed by atoms with Crippen molar-refractivity contribution in [3.8, 4) is 0 Å². The number of hydrogen-bond acceptors (Lipinski definition) is 4. The fourth-order valence-corrected chi connectivity index (χ4v) is 3.76. The van der Waals surface area contributed by atoms with E-state index in [4.69, 9.17) is 0 Å². The summed E-state index contributed by atoms with van der Waals surface area (Å²) in [6, 6.07) is 7.76. The summed E-state index contributed by atoms with van der Waals surface area (Å²) >= 11 is 1.42. The zero-order chi connectivity index (χ0) is 15.9. The number of hydrogen-bond donors (Lipinski definition) is 1. The number of para-hydroxylation sites is 1. The molecule has 1 amide bonds. The fourth-order valence-electron chi connectivity index (χ4n) is 2.58. The highest BCUT2D eigenvalue weighted by Gasteiger charge is 2.19. The first-order chi connectivity index (χ1) is 10.5. The quantitative estimate of drug-likeness (QED) is 0.772. The van der Waals surface area contributed by atoms with Crippen LogP contribution in [0.3, 0.4) is 0 Å². The molecule has 0 saturated carbocycles. The molecule has 0 bridgehead atoms. The molecule has 3 rings (SSSR count). The van der Waals surface area contributed by atoms with Crippen molar-refractivity contribution in [2.24, 2.45) is 0 Å². The van der Waals surface area contributed by atoms with E-state index in [2.05, 4.69) is 15.3 Å². The van der Waals surface area contributed by atoms with Gasteiger partial charge in [0.15, 0.2) is 0 Å². The SMILES string of the molecule is Cc1nc(C)c2c(C)c(C(=O)Nc3ccccc3C)sc2n1. The zero-order valence-corrected chi connectivity index (χ0v) is 13.8. The highest BCUT2D eigenvalue weighted by atomic mass is 32.1. The number of aromatic nitrogens is 2. The Bertz CT molecular complexity index is 883. The molecule has 0 aliphatic heterocycles. The Morgan fingerprint density at radius 3 is 2.55 bits per heavy atom. The second kappa shape index (κ2) is 5.50. The molecule has 1 aromatic carbocycles. The van der Waals surface area contributed by atoms with Gasteiger partial charge in [0.05, 0.1) is 4.88 Å². The largest absolute Gasteiger partial charge is 0.321 e. The minimum absolute atomic E-state index is 0.0909. The molecule has 0 radical (unpaired) electrons. The molecular weight excluding hydrogens is 294 g/mol. The molecule has 0 fully saturated rings. The second-order valence-electron chi connectivity index (χ2n) is 5.36. The molecule has 2 heterocycles. The van der Waals surface area contributed by atoms with Crippen molar-refractivity contribution in [2.75, 3.05) is 5.32 Å². The van der Waals surface area contributed by atoms with Crippen LogP contribution in [0, 0.1) is 27.7 Å². The predicted octanol–water partition coefficient (Wildman–Crippen LogP) is 4.18. The number of carbonyl (C=O) groups is 1. The summed E-state index contributed by atoms with van der Waals surface area (Å²) in [5.74, 6) is 0.643. The molecule has 0 spiro atoms. The predicted molar refractivity (Wildman–Crippen MR) is 90.8 cm³/mol. The molecule has 112 valence electrons. The van der Waals surface area contributed by atoms with Crippen molar-refractivity contribution < 1.29 is 4.79 Å². The Morgan fingerprint density at radius 2 is 1.82 bits per heavy atom. The summed E-state index contributed by atoms with van der Waals surface area (Å²) < 4.78 is 0. The van der Waals surface area contributed by atoms with Crippen LogP contribution in [0.15, 0.2) is 24.3 Å². The fraction of sp³-hybridized carbons (Fsp3) is 0.235. The summed E-state index contributed by atoms with van der Waals surface area (Å²) in [4.78, 5) is 23.0. The molecule has 0 aliphatic rings. The van der Waals surface area contributed by atoms with E-state index in [1.165, 1.54) is 11.3 Å². The van der Waals surface area contributed by atoms with Crippen molar-refractivity contribution in [1.29, 1.82) is 0 Å². The lowest BCUT2D eigenvalue weighted by Gasteiger charge is -2.07. The molecule has 5 heteroatoms. The number of amides is 1. The number of rotatable bonds is 2. The Hall–Kier alpha value is -2.27. The van der Waals surface area contributed by atoms with Gasteiger partial charge in [0, 0.05) is 16.8 Å². The van der Waals surface area contributed by atoms with Crippen LogP contribution in [0.5, 0.6) is 0 Å². The van der Waals surface area contributed by atoms with Gasteiger partial charge in [-0.2, -0.15) is 0 Å². The number of carbonyl (C=O) groups excluding carboxylic acids is 1. The molecule has 0 atom stereocenters. The van der Waals surface area contributed by atoms with E-state index in [1.807, 2.05) is 52.0 Å². The highest BCUT2D eigenvalue weighted by molar-refractivity contribution is 7.20. The molecule has 0 unspecified atom stereocenters. The van der Waals surface area contributed by atoms with E-state index < -0.39 is 0 Å². The zero-order valence-electron chi connectivity index (χ0n) is 13.0. The van der Waals surface area contributed by atoms with Crippen LogP contribution in [-0.2, 0) is 0 Å². The van der Waals surface area contributed by atoms with Crippen LogP contribution in [0.1, 0.15) is 32.3 Å². The van der Waals surface area contributed by atoms with Gasteiger partial charge in [-0.05, 0) is 44.9 Å². The van der Waals surface area contributed by atoms with E-state index in [0.717, 1.165) is 38.5 Å². The van der Waals surface area contributed by atoms with Gasteiger partial charge in [-0.25, -0.2) is 9.97 Å². The number of aryl methyl sites for hydroxylation is 4. The van der Waals surface area contributed by atoms with Gasteiger partial charge in [-0.1, -0.05) is 18.2 Å². The molecule has 0 saturated heterocycles. The number of benzene rings is 1. The number of fused-ring (bicyclic) bond motifs is 1. The maximum Gasteiger partial charge on any atom is 0.266 e. The van der Waals surface area contributed by atoms with Gasteiger partial charge in [-0.15, -0.1) is 11.3 Å². The third-order valence-corrected chi connectivity index (χ3v) is 4.87. The lowest BCUT2D eigenvalue weighted by atomic mass is 10.1. The van der Waals surface area contributed by atoms with E-state index in [-0.39, 0.29) is 5.91 Å². The number of anilines is 1. The van der Waals surface area contributed by atoms with Gasteiger partial charge in [-0.3, -0.25) is 4.79 Å². The van der Waals surface area contributed by atoms with Gasteiger partial charge in [0.1, 0.15) is 10.7 Å². The van der Waals surface area contributed by atoms with Crippen molar-refractivity contribution >= 4 is 33.1 Å². The molecule has 2 aromatic heterocycles. The molecule has 4 nitrogen and oxygen atoms in total. The first-order valence-corrected chi connectivity index (χ1v) is 7.90. The molecule has 1 N–H and O–H groups in total. The van der Waals surface area contributed by atoms with Crippen LogP contribution in [0.25, 0.3) is 10.2 Å². The minimum atomic E-state index is -0.0909. The van der Waals surface area contributed by atoms with Crippen molar-refractivity contribution in [1.82, 2.24) is 9.97 Å². The van der Waals surface area contributed by atoms with E-state index in [9.17, 15) is 4.79 Å². The van der Waals surface area contributed by atoms with Crippen LogP contribution in [0.4, 0.5) is 5.69 Å². The summed E-state index contributed by atoms with van der Waals surface area (Å²) in [6.45, 7) is 7.76. The lowest BCUT2D eigenvalue weighted by Crippen LogP contribution is -2.12. The average molecular weight is 311 g/mol. The Balaban J connectivity index is 2.03. The van der Waals surface area contributed by atoms with Gasteiger partial charge in [0.2, 0.25) is 0 Å². The second-order valence-corrected chi connectivity index (χ2v) is 6.36. The number of nitrogens with zero attached hydrogens (tertiary/aromatic N) is 2. The maximum atomic E-state index is 12.6. The van der Waals surface area contributed by atoms with Crippen molar-refractivity contribution in [3.63, 3.8) is 0 Å². The van der Waals surface area contributed by atoms with E-state index >= 15 is 0 Å². The Kier molecular flexibility index (Phi) is 3.66.